The minimum absolute atomic E-state index is 0.00695. The fourth-order valence-corrected chi connectivity index (χ4v) is 3.20. The summed E-state index contributed by atoms with van der Waals surface area (Å²) in [6.45, 7) is 1.78. The number of benzene rings is 2. The zero-order valence-corrected chi connectivity index (χ0v) is 17.2. The van der Waals surface area contributed by atoms with Gasteiger partial charge >= 0.3 is 6.18 Å². The first-order valence-electron chi connectivity index (χ1n) is 8.89. The van der Waals surface area contributed by atoms with E-state index in [4.69, 9.17) is 5.14 Å². The lowest BCUT2D eigenvalue weighted by Gasteiger charge is -2.15. The van der Waals surface area contributed by atoms with Crippen LogP contribution in [0.4, 0.5) is 34.8 Å². The number of para-hydroxylation sites is 1. The molecule has 0 saturated heterocycles. The molecule has 1 aromatic heterocycles. The molecule has 0 saturated carbocycles. The Balaban J connectivity index is 2.03. The lowest BCUT2D eigenvalue weighted by atomic mass is 10.1. The van der Waals surface area contributed by atoms with Gasteiger partial charge < -0.3 is 10.6 Å². The predicted octanol–water partition coefficient (Wildman–Crippen LogP) is 4.19. The van der Waals surface area contributed by atoms with Crippen LogP contribution in [0.25, 0.3) is 0 Å². The van der Waals surface area contributed by atoms with Gasteiger partial charge in [-0.3, -0.25) is 4.79 Å². The normalized spacial score (nSPS) is 11.8. The first-order chi connectivity index (χ1) is 14.8. The number of halogens is 4. The Hall–Kier alpha value is -3.51. The van der Waals surface area contributed by atoms with Gasteiger partial charge in [0.15, 0.2) is 5.82 Å². The van der Waals surface area contributed by atoms with Crippen molar-refractivity contribution in [2.75, 3.05) is 10.6 Å². The number of primary sulfonamides is 1. The Morgan fingerprint density at radius 2 is 1.75 bits per heavy atom. The number of hydrogen-bond donors (Lipinski definition) is 3. The summed E-state index contributed by atoms with van der Waals surface area (Å²) in [7, 11) is -4.21. The van der Waals surface area contributed by atoms with Crippen molar-refractivity contribution in [3.05, 3.63) is 77.2 Å². The van der Waals surface area contributed by atoms with Crippen LogP contribution in [-0.4, -0.2) is 19.3 Å². The summed E-state index contributed by atoms with van der Waals surface area (Å²) in [6, 6.07) is 9.32. The van der Waals surface area contributed by atoms with E-state index in [1.54, 1.807) is 31.2 Å². The molecule has 168 valence electrons. The molecule has 0 fully saturated rings. The van der Waals surface area contributed by atoms with E-state index in [-0.39, 0.29) is 17.6 Å². The molecule has 0 bridgehead atoms. The quantitative estimate of drug-likeness (QED) is 0.486. The molecule has 1 amide bonds. The van der Waals surface area contributed by atoms with Gasteiger partial charge in [-0.2, -0.15) is 13.2 Å². The van der Waals surface area contributed by atoms with Crippen molar-refractivity contribution in [1.82, 2.24) is 4.98 Å². The highest BCUT2D eigenvalue weighted by molar-refractivity contribution is 7.89. The van der Waals surface area contributed by atoms with E-state index < -0.39 is 43.9 Å². The Morgan fingerprint density at radius 3 is 2.38 bits per heavy atom. The van der Waals surface area contributed by atoms with Crippen molar-refractivity contribution in [3.8, 4) is 0 Å². The highest BCUT2D eigenvalue weighted by Crippen LogP contribution is 2.31. The van der Waals surface area contributed by atoms with Crippen LogP contribution in [0.15, 0.2) is 59.6 Å². The van der Waals surface area contributed by atoms with Crippen LogP contribution in [0, 0.1) is 12.7 Å². The molecular weight excluding hydrogens is 452 g/mol. The van der Waals surface area contributed by atoms with Crippen molar-refractivity contribution < 1.29 is 30.8 Å². The second kappa shape index (κ2) is 8.55. The Kier molecular flexibility index (Phi) is 6.19. The lowest BCUT2D eigenvalue weighted by Crippen LogP contribution is -2.18. The molecule has 0 aliphatic heterocycles. The smallest absolute Gasteiger partial charge is 0.338 e. The van der Waals surface area contributed by atoms with Crippen LogP contribution in [0.2, 0.25) is 0 Å². The Bertz CT molecular complexity index is 1290. The largest absolute Gasteiger partial charge is 0.416 e. The maximum Gasteiger partial charge on any atom is 0.416 e. The third kappa shape index (κ3) is 5.39. The monoisotopic (exact) mass is 468 g/mol. The van der Waals surface area contributed by atoms with E-state index in [1.807, 2.05) is 0 Å². The second-order valence-electron chi connectivity index (χ2n) is 6.73. The average Bonchev–Trinajstić information content (AvgIpc) is 2.69. The average molecular weight is 468 g/mol. The number of anilines is 3. The summed E-state index contributed by atoms with van der Waals surface area (Å²) in [5.74, 6) is -2.39. The molecule has 0 atom stereocenters. The molecule has 0 spiro atoms. The number of amides is 1. The van der Waals surface area contributed by atoms with Crippen molar-refractivity contribution >= 4 is 33.1 Å². The van der Waals surface area contributed by atoms with Gasteiger partial charge in [0.1, 0.15) is 10.7 Å². The summed E-state index contributed by atoms with van der Waals surface area (Å²) in [6.07, 6.45) is -3.92. The molecule has 0 aliphatic rings. The molecule has 0 radical (unpaired) electrons. The first-order valence-corrected chi connectivity index (χ1v) is 10.4. The van der Waals surface area contributed by atoms with E-state index in [1.165, 1.54) is 0 Å². The minimum atomic E-state index is -4.87. The maximum atomic E-state index is 13.7. The van der Waals surface area contributed by atoms with Gasteiger partial charge in [-0.15, -0.1) is 0 Å². The Labute approximate surface area is 180 Å². The second-order valence-corrected chi connectivity index (χ2v) is 8.29. The zero-order chi connectivity index (χ0) is 23.7. The number of nitrogens with zero attached hydrogens (tertiary/aromatic N) is 1. The molecule has 3 rings (SSSR count). The summed E-state index contributed by atoms with van der Waals surface area (Å²) in [5, 5.41) is 10.3. The van der Waals surface area contributed by atoms with Gasteiger partial charge in [-0.05, 0) is 42.8 Å². The topological polar surface area (TPSA) is 114 Å². The number of nitrogens with one attached hydrogen (secondary N) is 2. The number of alkyl halides is 3. The van der Waals surface area contributed by atoms with Crippen LogP contribution in [0.5, 0.6) is 0 Å². The van der Waals surface area contributed by atoms with Gasteiger partial charge in [-0.1, -0.05) is 18.2 Å². The molecule has 7 nitrogen and oxygen atoms in total. The van der Waals surface area contributed by atoms with Crippen LogP contribution in [0.1, 0.15) is 21.5 Å². The highest BCUT2D eigenvalue weighted by atomic mass is 32.2. The van der Waals surface area contributed by atoms with Crippen LogP contribution >= 0.6 is 0 Å². The number of aryl methyl sites for hydroxylation is 1. The van der Waals surface area contributed by atoms with Gasteiger partial charge in [0.25, 0.3) is 5.91 Å². The SMILES string of the molecule is Cc1ccccc1Nc1ncc(S(N)(=O)=O)cc1NC(=O)c1cc(F)cc(C(F)(F)F)c1. The van der Waals surface area contributed by atoms with Crippen molar-refractivity contribution in [2.24, 2.45) is 5.14 Å². The lowest BCUT2D eigenvalue weighted by molar-refractivity contribution is -0.137. The van der Waals surface area contributed by atoms with Gasteiger partial charge in [-0.25, -0.2) is 22.9 Å². The number of sulfonamides is 1. The van der Waals surface area contributed by atoms with E-state index in [9.17, 15) is 30.8 Å². The van der Waals surface area contributed by atoms with Crippen LogP contribution < -0.4 is 15.8 Å². The molecule has 2 aromatic carbocycles. The molecular formula is C20H16F4N4O3S. The summed E-state index contributed by atoms with van der Waals surface area (Å²) < 4.78 is 76.0. The number of hydrogen-bond acceptors (Lipinski definition) is 5. The molecule has 0 aliphatic carbocycles. The fraction of sp³-hybridized carbons (Fsp3) is 0.100. The third-order valence-corrected chi connectivity index (χ3v) is 5.21. The number of pyridine rings is 1. The molecule has 1 heterocycles. The van der Waals surface area contributed by atoms with Gasteiger partial charge in [0.2, 0.25) is 10.0 Å². The summed E-state index contributed by atoms with van der Waals surface area (Å²) in [4.78, 5) is 16.1. The highest BCUT2D eigenvalue weighted by Gasteiger charge is 2.32. The minimum Gasteiger partial charge on any atom is -0.338 e. The van der Waals surface area contributed by atoms with Gasteiger partial charge in [0, 0.05) is 17.4 Å². The summed E-state index contributed by atoms with van der Waals surface area (Å²) in [5.41, 5.74) is -0.800. The maximum absolute atomic E-state index is 13.7. The zero-order valence-electron chi connectivity index (χ0n) is 16.4. The van der Waals surface area contributed by atoms with E-state index in [0.29, 0.717) is 17.8 Å². The first kappa shape index (κ1) is 23.2. The molecule has 0 unspecified atom stereocenters. The van der Waals surface area contributed by atoms with E-state index in [2.05, 4.69) is 15.6 Å². The van der Waals surface area contributed by atoms with Crippen molar-refractivity contribution in [3.63, 3.8) is 0 Å². The number of carbonyl (C=O) groups is 1. The standard InChI is InChI=1S/C20H16F4N4O3S/c1-11-4-2-3-5-16(11)27-18-17(9-15(10-26-18)32(25,30)31)28-19(29)12-6-13(20(22,23)24)8-14(21)7-12/h2-10H,1H3,(H,26,27)(H,28,29)(H2,25,30,31). The van der Waals surface area contributed by atoms with E-state index >= 15 is 0 Å². The predicted molar refractivity (Wildman–Crippen MR) is 109 cm³/mol. The molecule has 4 N–H and O–H groups in total. The number of nitrogens with two attached hydrogens (primary N) is 1. The van der Waals surface area contributed by atoms with Crippen LogP contribution in [0.3, 0.4) is 0 Å². The molecule has 12 heteroatoms. The Morgan fingerprint density at radius 1 is 1.06 bits per heavy atom. The summed E-state index contributed by atoms with van der Waals surface area (Å²) >= 11 is 0. The third-order valence-electron chi connectivity index (χ3n) is 4.32. The van der Waals surface area contributed by atoms with Crippen molar-refractivity contribution in [1.29, 1.82) is 0 Å². The number of rotatable bonds is 5. The molecule has 3 aromatic rings. The van der Waals surface area contributed by atoms with Gasteiger partial charge in [0.05, 0.1) is 11.3 Å². The van der Waals surface area contributed by atoms with Crippen molar-refractivity contribution in [2.45, 2.75) is 18.0 Å². The molecule has 32 heavy (non-hydrogen) atoms. The fourth-order valence-electron chi connectivity index (χ4n) is 2.72. The van der Waals surface area contributed by atoms with Crippen LogP contribution in [-0.2, 0) is 16.2 Å². The number of aromatic nitrogens is 1. The number of carbonyl (C=O) groups excluding carboxylic acids is 1. The van der Waals surface area contributed by atoms with E-state index in [0.717, 1.165) is 17.8 Å².